The van der Waals surface area contributed by atoms with Gasteiger partial charge in [0.05, 0.1) is 37.4 Å². The molecule has 0 radical (unpaired) electrons. The number of benzene rings is 3. The minimum atomic E-state index is -0.520. The molecule has 0 saturated heterocycles. The fraction of sp³-hybridized carbons (Fsp3) is 0.0714. The van der Waals surface area contributed by atoms with Crippen molar-refractivity contribution in [2.24, 2.45) is 5.10 Å². The molecule has 3 aromatic carbocycles. The van der Waals surface area contributed by atoms with Crippen LogP contribution < -0.4 is 20.5 Å². The number of hydrazone groups is 1. The van der Waals surface area contributed by atoms with E-state index in [-0.39, 0.29) is 17.1 Å². The molecule has 190 valence electrons. The molecule has 0 aliphatic carbocycles. The smallest absolute Gasteiger partial charge is 0.289 e. The van der Waals surface area contributed by atoms with Gasteiger partial charge >= 0.3 is 0 Å². The molecule has 0 spiro atoms. The number of pyridine rings is 1. The number of nitrogens with zero attached hydrogens (tertiary/aromatic N) is 3. The van der Waals surface area contributed by atoms with Crippen LogP contribution in [0, 0.1) is 0 Å². The number of nitrogens with one attached hydrogen (secondary N) is 2. The van der Waals surface area contributed by atoms with Crippen molar-refractivity contribution in [3.63, 3.8) is 0 Å². The minimum Gasteiger partial charge on any atom is -0.494 e. The summed E-state index contributed by atoms with van der Waals surface area (Å²) in [6.45, 7) is 0. The van der Waals surface area contributed by atoms with Crippen LogP contribution in [0.4, 0.5) is 0 Å². The van der Waals surface area contributed by atoms with Gasteiger partial charge in [0.15, 0.2) is 11.5 Å². The summed E-state index contributed by atoms with van der Waals surface area (Å²) in [6.07, 6.45) is 1.29. The second-order valence-corrected chi connectivity index (χ2v) is 8.19. The van der Waals surface area contributed by atoms with Crippen LogP contribution in [0.2, 0.25) is 0 Å². The Labute approximate surface area is 216 Å². The molecule has 2 heterocycles. The van der Waals surface area contributed by atoms with Gasteiger partial charge in [-0.15, -0.1) is 0 Å². The number of aromatic nitrogens is 3. The maximum atomic E-state index is 13.3. The second kappa shape index (κ2) is 10.3. The molecule has 10 nitrogen and oxygen atoms in total. The number of methoxy groups -OCH3 is 2. The Hall–Kier alpha value is -5.38. The highest BCUT2D eigenvalue weighted by Gasteiger charge is 2.18. The minimum absolute atomic E-state index is 0.213. The molecular weight excluding hydrogens is 486 g/mol. The molecule has 0 fully saturated rings. The van der Waals surface area contributed by atoms with Gasteiger partial charge in [0.1, 0.15) is 5.69 Å². The molecule has 0 bridgehead atoms. The Morgan fingerprint density at radius 3 is 2.42 bits per heavy atom. The van der Waals surface area contributed by atoms with Gasteiger partial charge in [-0.2, -0.15) is 10.2 Å². The summed E-state index contributed by atoms with van der Waals surface area (Å²) in [7, 11) is 2.99. The second-order valence-electron chi connectivity index (χ2n) is 8.19. The molecule has 1 amide bonds. The van der Waals surface area contributed by atoms with Crippen LogP contribution in [-0.2, 0) is 0 Å². The number of aromatic amines is 1. The average molecular weight is 510 g/mol. The van der Waals surface area contributed by atoms with Crippen molar-refractivity contribution in [1.82, 2.24) is 20.2 Å². The highest BCUT2D eigenvalue weighted by Crippen LogP contribution is 2.32. The normalized spacial score (nSPS) is 11.1. The fourth-order valence-corrected chi connectivity index (χ4v) is 4.10. The number of amides is 1. The van der Waals surface area contributed by atoms with Crippen molar-refractivity contribution in [2.45, 2.75) is 0 Å². The van der Waals surface area contributed by atoms with Crippen LogP contribution in [0.5, 0.6) is 17.4 Å². The van der Waals surface area contributed by atoms with E-state index >= 15 is 0 Å². The first-order chi connectivity index (χ1) is 18.5. The Morgan fingerprint density at radius 1 is 0.974 bits per heavy atom. The van der Waals surface area contributed by atoms with Crippen molar-refractivity contribution >= 4 is 22.9 Å². The third-order valence-corrected chi connectivity index (χ3v) is 5.98. The molecule has 5 aromatic rings. The van der Waals surface area contributed by atoms with Gasteiger partial charge in [-0.05, 0) is 24.3 Å². The molecule has 10 heteroatoms. The predicted octanol–water partition coefficient (Wildman–Crippen LogP) is 3.87. The van der Waals surface area contributed by atoms with E-state index in [1.54, 1.807) is 48.5 Å². The molecule has 38 heavy (non-hydrogen) atoms. The third-order valence-electron chi connectivity index (χ3n) is 5.98. The zero-order valence-corrected chi connectivity index (χ0v) is 20.5. The van der Waals surface area contributed by atoms with E-state index in [0.29, 0.717) is 33.7 Å². The average Bonchev–Trinajstić information content (AvgIpc) is 3.46. The molecule has 5 rings (SSSR count). The summed E-state index contributed by atoms with van der Waals surface area (Å²) >= 11 is 0. The monoisotopic (exact) mass is 509 g/mol. The Bertz CT molecular complexity index is 1720. The Morgan fingerprint density at radius 2 is 1.68 bits per heavy atom. The summed E-state index contributed by atoms with van der Waals surface area (Å²) in [6, 6.07) is 22.7. The highest BCUT2D eigenvalue weighted by atomic mass is 16.5. The lowest BCUT2D eigenvalue weighted by Crippen LogP contribution is -2.21. The highest BCUT2D eigenvalue weighted by molar-refractivity contribution is 6.02. The zero-order valence-electron chi connectivity index (χ0n) is 20.5. The van der Waals surface area contributed by atoms with Gasteiger partial charge in [0.2, 0.25) is 5.88 Å². The van der Waals surface area contributed by atoms with Crippen LogP contribution in [-0.4, -0.2) is 46.2 Å². The molecule has 3 N–H and O–H groups in total. The Kier molecular flexibility index (Phi) is 6.60. The quantitative estimate of drug-likeness (QED) is 0.226. The summed E-state index contributed by atoms with van der Waals surface area (Å²) in [4.78, 5) is 26.0. The SMILES string of the molecule is COc1ccc(-n2c(O)c(/C=N/NC(=O)c3cc(-c4ccccc4)n[nH]3)c3ccccc3c2=O)cc1OC. The van der Waals surface area contributed by atoms with Crippen molar-refractivity contribution < 1.29 is 19.4 Å². The zero-order chi connectivity index (χ0) is 26.6. The molecule has 0 saturated carbocycles. The van der Waals surface area contributed by atoms with E-state index < -0.39 is 11.5 Å². The Balaban J connectivity index is 1.50. The predicted molar refractivity (Wildman–Crippen MR) is 143 cm³/mol. The number of rotatable bonds is 7. The van der Waals surface area contributed by atoms with Crippen molar-refractivity contribution in [3.8, 4) is 34.3 Å². The van der Waals surface area contributed by atoms with Crippen LogP contribution in [0.15, 0.2) is 88.8 Å². The molecule has 2 aromatic heterocycles. The fourth-order valence-electron chi connectivity index (χ4n) is 4.10. The number of carbonyl (C=O) groups excluding carboxylic acids is 1. The number of aromatic hydroxyl groups is 1. The molecule has 0 unspecified atom stereocenters. The van der Waals surface area contributed by atoms with E-state index in [9.17, 15) is 14.7 Å². The first-order valence-corrected chi connectivity index (χ1v) is 11.5. The van der Waals surface area contributed by atoms with Crippen LogP contribution >= 0.6 is 0 Å². The number of H-pyrrole nitrogens is 1. The van der Waals surface area contributed by atoms with E-state index in [1.165, 1.54) is 20.4 Å². The van der Waals surface area contributed by atoms with Gasteiger partial charge in [-0.25, -0.2) is 9.99 Å². The summed E-state index contributed by atoms with van der Waals surface area (Å²) in [5, 5.41) is 22.9. The summed E-state index contributed by atoms with van der Waals surface area (Å²) in [5.41, 5.74) is 4.30. The van der Waals surface area contributed by atoms with Crippen LogP contribution in [0.1, 0.15) is 16.1 Å². The molecular formula is C28H23N5O5. The van der Waals surface area contributed by atoms with Crippen LogP contribution in [0.3, 0.4) is 0 Å². The maximum absolute atomic E-state index is 13.3. The topological polar surface area (TPSA) is 131 Å². The van der Waals surface area contributed by atoms with Gasteiger partial charge in [0.25, 0.3) is 11.5 Å². The molecule has 0 aliphatic heterocycles. The van der Waals surface area contributed by atoms with E-state index in [0.717, 1.165) is 10.1 Å². The van der Waals surface area contributed by atoms with Gasteiger partial charge < -0.3 is 14.6 Å². The number of hydrogen-bond donors (Lipinski definition) is 3. The van der Waals surface area contributed by atoms with E-state index in [2.05, 4.69) is 20.7 Å². The van der Waals surface area contributed by atoms with Crippen molar-refractivity contribution in [1.29, 1.82) is 0 Å². The molecule has 0 aliphatic rings. The first-order valence-electron chi connectivity index (χ1n) is 11.5. The third kappa shape index (κ3) is 4.46. The lowest BCUT2D eigenvalue weighted by molar-refractivity contribution is 0.0950. The van der Waals surface area contributed by atoms with Gasteiger partial charge in [0, 0.05) is 22.4 Å². The maximum Gasteiger partial charge on any atom is 0.289 e. The van der Waals surface area contributed by atoms with Crippen molar-refractivity contribution in [2.75, 3.05) is 14.2 Å². The van der Waals surface area contributed by atoms with E-state index in [1.807, 2.05) is 30.3 Å². The molecule has 0 atom stereocenters. The number of ether oxygens (including phenoxy) is 2. The standard InChI is InChI=1S/C28H23N5O5/c1-37-24-13-12-18(14-25(24)38-2)33-27(35)20-11-7-6-10-19(20)21(28(33)36)16-29-32-26(34)23-15-22(30-31-23)17-8-4-3-5-9-17/h3-16,36H,1-2H3,(H,30,31)(H,32,34)/b29-16+. The number of carbonyl (C=O) groups is 1. The number of fused-ring (bicyclic) bond motifs is 1. The number of hydrogen-bond acceptors (Lipinski definition) is 7. The van der Waals surface area contributed by atoms with Gasteiger partial charge in [-0.1, -0.05) is 48.5 Å². The lowest BCUT2D eigenvalue weighted by Gasteiger charge is -2.15. The van der Waals surface area contributed by atoms with E-state index in [4.69, 9.17) is 9.47 Å². The summed E-state index contributed by atoms with van der Waals surface area (Å²) < 4.78 is 11.8. The largest absolute Gasteiger partial charge is 0.494 e. The first kappa shape index (κ1) is 24.3. The van der Waals surface area contributed by atoms with Crippen molar-refractivity contribution in [3.05, 3.63) is 100 Å². The summed E-state index contributed by atoms with van der Waals surface area (Å²) in [5.74, 6) is -0.00978. The van der Waals surface area contributed by atoms with Crippen LogP contribution in [0.25, 0.3) is 27.7 Å². The van der Waals surface area contributed by atoms with Gasteiger partial charge in [-0.3, -0.25) is 14.7 Å². The lowest BCUT2D eigenvalue weighted by atomic mass is 10.1.